The van der Waals surface area contributed by atoms with Crippen molar-refractivity contribution in [3.8, 4) is 11.6 Å². The molecule has 0 radical (unpaired) electrons. The van der Waals surface area contributed by atoms with Gasteiger partial charge in [-0.15, -0.1) is 11.3 Å². The third kappa shape index (κ3) is 2.55. The van der Waals surface area contributed by atoms with E-state index in [1.807, 2.05) is 51.1 Å². The number of aryl methyl sites for hydroxylation is 1. The van der Waals surface area contributed by atoms with Crippen LogP contribution < -0.4 is 0 Å². The molecule has 0 saturated carbocycles. The fourth-order valence-corrected chi connectivity index (χ4v) is 3.55. The number of aromatic hydroxyl groups is 1. The summed E-state index contributed by atoms with van der Waals surface area (Å²) in [7, 11) is 0. The molecule has 0 fully saturated rings. The highest BCUT2D eigenvalue weighted by atomic mass is 32.1. The number of thiazole rings is 1. The number of rotatable bonds is 2. The Morgan fingerprint density at radius 2 is 1.68 bits per heavy atom. The van der Waals surface area contributed by atoms with E-state index in [0.29, 0.717) is 8.83 Å². The lowest BCUT2D eigenvalue weighted by atomic mass is 10.1. The Morgan fingerprint density at radius 3 is 2.27 bits per heavy atom. The van der Waals surface area contributed by atoms with Gasteiger partial charge in [-0.25, -0.2) is 0 Å². The van der Waals surface area contributed by atoms with Gasteiger partial charge in [-0.2, -0.15) is 10.2 Å². The van der Waals surface area contributed by atoms with Crippen molar-refractivity contribution in [2.45, 2.75) is 20.8 Å². The molecule has 0 amide bonds. The highest BCUT2D eigenvalue weighted by Crippen LogP contribution is 2.32. The summed E-state index contributed by atoms with van der Waals surface area (Å²) in [4.78, 5) is 0.714. The van der Waals surface area contributed by atoms with Crippen molar-refractivity contribution in [3.63, 3.8) is 0 Å². The fourth-order valence-electron chi connectivity index (χ4n) is 2.26. The average Bonchev–Trinajstić information content (AvgIpc) is 2.94. The van der Waals surface area contributed by atoms with E-state index >= 15 is 0 Å². The first kappa shape index (κ1) is 14.9. The second kappa shape index (κ2) is 5.62. The van der Waals surface area contributed by atoms with Crippen molar-refractivity contribution in [3.05, 3.63) is 44.2 Å². The molecule has 0 atom stereocenters. The van der Waals surface area contributed by atoms with Crippen LogP contribution in [0.5, 0.6) is 5.88 Å². The Bertz CT molecular complexity index is 863. The lowest BCUT2D eigenvalue weighted by molar-refractivity contribution is 0.441. The minimum absolute atomic E-state index is 0.152. The summed E-state index contributed by atoms with van der Waals surface area (Å²) in [6.45, 7) is 5.83. The monoisotopic (exact) mass is 329 g/mol. The first-order valence-electron chi connectivity index (χ1n) is 6.80. The van der Waals surface area contributed by atoms with Gasteiger partial charge >= 0.3 is 0 Å². The second-order valence-electron chi connectivity index (χ2n) is 5.16. The molecule has 0 saturated heterocycles. The van der Waals surface area contributed by atoms with Crippen LogP contribution in [-0.4, -0.2) is 21.1 Å². The minimum Gasteiger partial charge on any atom is -0.493 e. The van der Waals surface area contributed by atoms with Gasteiger partial charge in [-0.3, -0.25) is 4.57 Å². The molecule has 112 valence electrons. The molecule has 3 rings (SSSR count). The predicted octanol–water partition coefficient (Wildman–Crippen LogP) is 4.52. The first-order valence-corrected chi connectivity index (χ1v) is 8.03. The number of aromatic nitrogens is 1. The van der Waals surface area contributed by atoms with Gasteiger partial charge in [0.05, 0.1) is 22.0 Å². The summed E-state index contributed by atoms with van der Waals surface area (Å²) in [5, 5.41) is 18.6. The molecule has 2 heterocycles. The normalized spacial score (nSPS) is 14.0. The van der Waals surface area contributed by atoms with E-state index in [4.69, 9.17) is 12.2 Å². The Morgan fingerprint density at radius 1 is 1.09 bits per heavy atom. The zero-order valence-corrected chi connectivity index (χ0v) is 14.1. The number of allylic oxidation sites excluding steroid dienone is 1. The summed E-state index contributed by atoms with van der Waals surface area (Å²) >= 11 is 6.78. The molecule has 4 nitrogen and oxygen atoms in total. The van der Waals surface area contributed by atoms with E-state index in [9.17, 15) is 5.11 Å². The Kier molecular flexibility index (Phi) is 3.80. The maximum atomic E-state index is 10.5. The van der Waals surface area contributed by atoms with Crippen molar-refractivity contribution >= 4 is 41.1 Å². The SMILES string of the molecule is CC1=NN=C(C)C1=Cc1sc(=S)n(-c2ccc(C)cc2)c1O. The summed E-state index contributed by atoms with van der Waals surface area (Å²) in [5.41, 5.74) is 4.65. The van der Waals surface area contributed by atoms with Crippen LogP contribution in [0.4, 0.5) is 0 Å². The quantitative estimate of drug-likeness (QED) is 0.824. The lowest BCUT2D eigenvalue weighted by Gasteiger charge is -2.05. The van der Waals surface area contributed by atoms with Crippen molar-refractivity contribution in [1.29, 1.82) is 0 Å². The standard InChI is InChI=1S/C16H15N3OS2/c1-9-4-6-12(7-5-9)19-15(20)14(22-16(19)21)8-13-10(2)17-18-11(13)3/h4-8,20H,1-3H3. The van der Waals surface area contributed by atoms with E-state index in [0.717, 1.165) is 28.2 Å². The van der Waals surface area contributed by atoms with Gasteiger partial charge in [0, 0.05) is 5.57 Å². The number of nitrogens with zero attached hydrogens (tertiary/aromatic N) is 3. The van der Waals surface area contributed by atoms with Crippen LogP contribution >= 0.6 is 23.6 Å². The van der Waals surface area contributed by atoms with E-state index in [-0.39, 0.29) is 5.88 Å². The zero-order valence-electron chi connectivity index (χ0n) is 12.5. The van der Waals surface area contributed by atoms with Gasteiger partial charge in [-0.1, -0.05) is 17.7 Å². The highest BCUT2D eigenvalue weighted by Gasteiger charge is 2.17. The molecule has 1 aromatic carbocycles. The van der Waals surface area contributed by atoms with Crippen LogP contribution in [0.3, 0.4) is 0 Å². The average molecular weight is 329 g/mol. The first-order chi connectivity index (χ1) is 10.5. The zero-order chi connectivity index (χ0) is 15.9. The van der Waals surface area contributed by atoms with E-state index in [1.165, 1.54) is 11.3 Å². The van der Waals surface area contributed by atoms with Crippen LogP contribution in [-0.2, 0) is 0 Å². The maximum absolute atomic E-state index is 10.5. The van der Waals surface area contributed by atoms with E-state index in [1.54, 1.807) is 4.57 Å². The van der Waals surface area contributed by atoms with Gasteiger partial charge in [0.15, 0.2) is 3.95 Å². The third-order valence-electron chi connectivity index (χ3n) is 3.51. The van der Waals surface area contributed by atoms with Gasteiger partial charge in [0.1, 0.15) is 0 Å². The minimum atomic E-state index is 0.152. The fraction of sp³-hybridized carbons (Fsp3) is 0.188. The number of benzene rings is 1. The molecule has 1 aliphatic rings. The van der Waals surface area contributed by atoms with Crippen LogP contribution in [0, 0.1) is 10.9 Å². The van der Waals surface area contributed by atoms with E-state index in [2.05, 4.69) is 10.2 Å². The van der Waals surface area contributed by atoms with Crippen molar-refractivity contribution in [1.82, 2.24) is 4.57 Å². The van der Waals surface area contributed by atoms with Crippen LogP contribution in [0.25, 0.3) is 11.8 Å². The van der Waals surface area contributed by atoms with Crippen LogP contribution in [0.1, 0.15) is 24.3 Å². The Labute approximate surface area is 137 Å². The highest BCUT2D eigenvalue weighted by molar-refractivity contribution is 7.73. The molecule has 0 spiro atoms. The maximum Gasteiger partial charge on any atom is 0.215 e. The summed E-state index contributed by atoms with van der Waals surface area (Å²) in [6, 6.07) is 7.89. The molecule has 0 bridgehead atoms. The predicted molar refractivity (Wildman–Crippen MR) is 95.1 cm³/mol. The topological polar surface area (TPSA) is 49.9 Å². The van der Waals surface area contributed by atoms with Crippen molar-refractivity contribution < 1.29 is 5.11 Å². The molecule has 6 heteroatoms. The second-order valence-corrected chi connectivity index (χ2v) is 6.83. The van der Waals surface area contributed by atoms with Crippen LogP contribution in [0.2, 0.25) is 0 Å². The molecule has 1 aromatic heterocycles. The Balaban J connectivity index is 2.10. The molecule has 1 aliphatic heterocycles. The smallest absolute Gasteiger partial charge is 0.215 e. The lowest BCUT2D eigenvalue weighted by Crippen LogP contribution is -2.00. The van der Waals surface area contributed by atoms with Crippen molar-refractivity contribution in [2.75, 3.05) is 0 Å². The summed E-state index contributed by atoms with van der Waals surface area (Å²) < 4.78 is 2.29. The van der Waals surface area contributed by atoms with E-state index < -0.39 is 0 Å². The largest absolute Gasteiger partial charge is 0.493 e. The molecule has 2 aromatic rings. The van der Waals surface area contributed by atoms with Gasteiger partial charge in [0.25, 0.3) is 0 Å². The van der Waals surface area contributed by atoms with Crippen LogP contribution in [0.15, 0.2) is 40.0 Å². The molecule has 0 aliphatic carbocycles. The van der Waals surface area contributed by atoms with Gasteiger partial charge in [-0.05, 0) is 51.2 Å². The summed E-state index contributed by atoms with van der Waals surface area (Å²) in [5.74, 6) is 0.152. The molecular formula is C16H15N3OS2. The Hall–Kier alpha value is -2.05. The molecule has 1 N–H and O–H groups in total. The van der Waals surface area contributed by atoms with Gasteiger partial charge < -0.3 is 5.11 Å². The van der Waals surface area contributed by atoms with Crippen molar-refractivity contribution in [2.24, 2.45) is 10.2 Å². The summed E-state index contributed by atoms with van der Waals surface area (Å²) in [6.07, 6.45) is 1.89. The van der Waals surface area contributed by atoms with Gasteiger partial charge in [0.2, 0.25) is 5.88 Å². The number of hydrogen-bond acceptors (Lipinski definition) is 5. The molecule has 0 unspecified atom stereocenters. The third-order valence-corrected chi connectivity index (χ3v) is 4.82. The molecular weight excluding hydrogens is 314 g/mol. The molecule has 22 heavy (non-hydrogen) atoms. The number of hydrogen-bond donors (Lipinski definition) is 1.